The first kappa shape index (κ1) is 25.8. The van der Waals surface area contributed by atoms with E-state index in [-0.39, 0.29) is 0 Å². The minimum absolute atomic E-state index is 0.572. The molecule has 0 radical (unpaired) electrons. The maximum atomic E-state index is 4.54. The van der Waals surface area contributed by atoms with Crippen LogP contribution in [-0.2, 0) is 33.2 Å². The Morgan fingerprint density at radius 3 is 2.37 bits per heavy atom. The molecule has 3 aromatic rings. The minimum Gasteiger partial charge on any atom is -0.348 e. The maximum Gasteiger partial charge on any atom is 0.122 e. The number of imidazole rings is 2. The zero-order valence-electron chi connectivity index (χ0n) is 23.2. The second-order valence-corrected chi connectivity index (χ2v) is 12.2. The second-order valence-electron chi connectivity index (χ2n) is 12.2. The quantitative estimate of drug-likeness (QED) is 0.436. The molecule has 0 unspecified atom stereocenters. The fraction of sp³-hybridized carbons (Fsp3) is 0.613. The predicted molar refractivity (Wildman–Crippen MR) is 151 cm³/mol. The Kier molecular flexibility index (Phi) is 7.95. The van der Waals surface area contributed by atoms with Crippen LogP contribution >= 0.6 is 0 Å². The summed E-state index contributed by atoms with van der Waals surface area (Å²) in [7, 11) is 2.06. The number of H-pyrrole nitrogens is 1. The van der Waals surface area contributed by atoms with Gasteiger partial charge in [0.15, 0.2) is 0 Å². The molecule has 7 heteroatoms. The topological polar surface area (TPSA) is 56.2 Å². The van der Waals surface area contributed by atoms with Gasteiger partial charge in [0.2, 0.25) is 0 Å². The molecule has 1 aromatic carbocycles. The summed E-state index contributed by atoms with van der Waals surface area (Å²) in [5.41, 5.74) is 3.34. The van der Waals surface area contributed by atoms with Gasteiger partial charge in [0.1, 0.15) is 11.6 Å². The summed E-state index contributed by atoms with van der Waals surface area (Å²) in [6.07, 6.45) is 19.0. The van der Waals surface area contributed by atoms with Crippen LogP contribution < -0.4 is 0 Å². The van der Waals surface area contributed by atoms with E-state index in [2.05, 4.69) is 65.5 Å². The number of piperidine rings is 1. The number of rotatable bonds is 9. The summed E-state index contributed by atoms with van der Waals surface area (Å²) in [6, 6.07) is 10.2. The lowest BCUT2D eigenvalue weighted by Crippen LogP contribution is -2.46. The van der Waals surface area contributed by atoms with Gasteiger partial charge in [0.25, 0.3) is 0 Å². The van der Waals surface area contributed by atoms with Crippen molar-refractivity contribution in [3.63, 3.8) is 0 Å². The van der Waals surface area contributed by atoms with Gasteiger partial charge in [-0.1, -0.05) is 43.5 Å². The summed E-state index contributed by atoms with van der Waals surface area (Å²) in [5.74, 6) is 2.06. The highest BCUT2D eigenvalue weighted by Crippen LogP contribution is 2.42. The zero-order valence-corrected chi connectivity index (χ0v) is 23.2. The Bertz CT molecular complexity index is 1120. The van der Waals surface area contributed by atoms with Crippen LogP contribution in [0.2, 0.25) is 0 Å². The average Bonchev–Trinajstić information content (AvgIpc) is 3.69. The van der Waals surface area contributed by atoms with Crippen molar-refractivity contribution in [1.29, 1.82) is 0 Å². The Balaban J connectivity index is 1.02. The predicted octanol–water partition coefficient (Wildman–Crippen LogP) is 4.97. The first-order valence-corrected chi connectivity index (χ1v) is 14.9. The molecule has 4 heterocycles. The van der Waals surface area contributed by atoms with E-state index in [0.29, 0.717) is 5.41 Å². The number of nitrogens with one attached hydrogen (secondary N) is 1. The van der Waals surface area contributed by atoms with Crippen molar-refractivity contribution in [2.75, 3.05) is 26.2 Å². The highest BCUT2D eigenvalue weighted by molar-refractivity contribution is 5.23. The fourth-order valence-corrected chi connectivity index (χ4v) is 7.16. The number of hydrogen-bond donors (Lipinski definition) is 1. The SMILES string of the molecule is Cn1ccnc1CN(Cc1ccc(CN2CCC3(CCN(C4CCCCC4)CC3)C2)cc1)Cc1ncc[nH]1. The summed E-state index contributed by atoms with van der Waals surface area (Å²) in [6.45, 7) is 8.73. The van der Waals surface area contributed by atoms with E-state index < -0.39 is 0 Å². The molecule has 1 spiro atoms. The average molecular weight is 516 g/mol. The molecule has 3 fully saturated rings. The lowest BCUT2D eigenvalue weighted by atomic mass is 9.77. The third-order valence-electron chi connectivity index (χ3n) is 9.52. The van der Waals surface area contributed by atoms with E-state index >= 15 is 0 Å². The van der Waals surface area contributed by atoms with Gasteiger partial charge in [-0.25, -0.2) is 9.97 Å². The van der Waals surface area contributed by atoms with E-state index in [1.54, 1.807) is 0 Å². The van der Waals surface area contributed by atoms with Crippen molar-refractivity contribution in [2.45, 2.75) is 83.6 Å². The molecule has 2 aromatic heterocycles. The number of benzene rings is 1. The Morgan fingerprint density at radius 1 is 0.895 bits per heavy atom. The van der Waals surface area contributed by atoms with Gasteiger partial charge < -0.3 is 14.5 Å². The third-order valence-corrected chi connectivity index (χ3v) is 9.52. The van der Waals surface area contributed by atoms with Gasteiger partial charge in [0.05, 0.1) is 13.1 Å². The molecule has 2 saturated heterocycles. The van der Waals surface area contributed by atoms with Crippen LogP contribution in [0.15, 0.2) is 49.1 Å². The van der Waals surface area contributed by atoms with E-state index in [0.717, 1.165) is 43.9 Å². The molecule has 38 heavy (non-hydrogen) atoms. The van der Waals surface area contributed by atoms with E-state index in [1.807, 2.05) is 24.8 Å². The lowest BCUT2D eigenvalue weighted by Gasteiger charge is -2.43. The van der Waals surface area contributed by atoms with E-state index in [4.69, 9.17) is 0 Å². The Hall–Kier alpha value is -2.48. The Morgan fingerprint density at radius 2 is 1.66 bits per heavy atom. The van der Waals surface area contributed by atoms with Gasteiger partial charge in [0, 0.05) is 57.5 Å². The number of likely N-dealkylation sites (tertiary alicyclic amines) is 2. The first-order chi connectivity index (χ1) is 18.6. The van der Waals surface area contributed by atoms with Crippen molar-refractivity contribution < 1.29 is 0 Å². The molecule has 3 aliphatic rings. The number of nitrogens with zero attached hydrogens (tertiary/aromatic N) is 6. The smallest absolute Gasteiger partial charge is 0.122 e. The molecule has 0 amide bonds. The molecule has 7 nitrogen and oxygen atoms in total. The van der Waals surface area contributed by atoms with Crippen molar-refractivity contribution in [3.05, 3.63) is 71.8 Å². The molecule has 1 aliphatic carbocycles. The van der Waals surface area contributed by atoms with Crippen LogP contribution in [0.4, 0.5) is 0 Å². The molecular formula is C31H45N7. The van der Waals surface area contributed by atoms with Crippen LogP contribution in [-0.4, -0.2) is 66.4 Å². The van der Waals surface area contributed by atoms with E-state index in [9.17, 15) is 0 Å². The zero-order chi connectivity index (χ0) is 25.8. The van der Waals surface area contributed by atoms with Crippen LogP contribution in [0.3, 0.4) is 0 Å². The molecule has 2 aliphatic heterocycles. The van der Waals surface area contributed by atoms with Gasteiger partial charge in [-0.2, -0.15) is 0 Å². The third kappa shape index (κ3) is 6.22. The second kappa shape index (κ2) is 11.7. The maximum absolute atomic E-state index is 4.54. The molecule has 6 rings (SSSR count). The van der Waals surface area contributed by atoms with Crippen molar-refractivity contribution >= 4 is 0 Å². The van der Waals surface area contributed by atoms with E-state index in [1.165, 1.54) is 88.7 Å². The monoisotopic (exact) mass is 515 g/mol. The number of aromatic amines is 1. The fourth-order valence-electron chi connectivity index (χ4n) is 7.16. The minimum atomic E-state index is 0.572. The Labute approximate surface area is 228 Å². The van der Waals surface area contributed by atoms with Crippen molar-refractivity contribution in [3.8, 4) is 0 Å². The summed E-state index contributed by atoms with van der Waals surface area (Å²) < 4.78 is 2.10. The van der Waals surface area contributed by atoms with Gasteiger partial charge in [-0.3, -0.25) is 9.80 Å². The summed E-state index contributed by atoms with van der Waals surface area (Å²) in [5, 5.41) is 0. The lowest BCUT2D eigenvalue weighted by molar-refractivity contribution is 0.0615. The molecule has 1 saturated carbocycles. The normalized spacial score (nSPS) is 21.1. The van der Waals surface area contributed by atoms with Crippen LogP contribution in [0.1, 0.15) is 74.1 Å². The largest absolute Gasteiger partial charge is 0.348 e. The molecule has 1 N–H and O–H groups in total. The molecule has 204 valence electrons. The highest BCUT2D eigenvalue weighted by Gasteiger charge is 2.41. The number of aromatic nitrogens is 4. The van der Waals surface area contributed by atoms with Gasteiger partial charge in [-0.05, 0) is 68.3 Å². The van der Waals surface area contributed by atoms with Crippen LogP contribution in [0.25, 0.3) is 0 Å². The molecular weight excluding hydrogens is 470 g/mol. The summed E-state index contributed by atoms with van der Waals surface area (Å²) >= 11 is 0. The van der Waals surface area contributed by atoms with Gasteiger partial charge >= 0.3 is 0 Å². The number of hydrogen-bond acceptors (Lipinski definition) is 5. The van der Waals surface area contributed by atoms with Crippen LogP contribution in [0, 0.1) is 5.41 Å². The van der Waals surface area contributed by atoms with Crippen LogP contribution in [0.5, 0.6) is 0 Å². The molecule has 0 bridgehead atoms. The van der Waals surface area contributed by atoms with Crippen molar-refractivity contribution in [2.24, 2.45) is 12.5 Å². The number of aryl methyl sites for hydroxylation is 1. The molecule has 0 atom stereocenters. The van der Waals surface area contributed by atoms with Gasteiger partial charge in [-0.15, -0.1) is 0 Å². The highest BCUT2D eigenvalue weighted by atomic mass is 15.2. The standard InChI is InChI=1S/C31H45N7/c1-35-20-16-34-30(35)24-37(23-29-32-14-15-33-29)22-27-9-7-26(8-10-27)21-36-17-11-31(25-36)12-18-38(19-13-31)28-5-3-2-4-6-28/h7-10,14-16,20,28H,2-6,11-13,17-19,21-25H2,1H3,(H,32,33). The van der Waals surface area contributed by atoms with Crippen molar-refractivity contribution in [1.82, 2.24) is 34.2 Å². The summed E-state index contributed by atoms with van der Waals surface area (Å²) in [4.78, 5) is 20.2. The first-order valence-electron chi connectivity index (χ1n) is 14.9.